The van der Waals surface area contributed by atoms with Gasteiger partial charge in [-0.15, -0.1) is 5.10 Å². The molecular weight excluding hydrogens is 562 g/mol. The molecule has 0 aliphatic carbocycles. The van der Waals surface area contributed by atoms with Crippen LogP contribution in [0.15, 0.2) is 54.7 Å². The predicted octanol–water partition coefficient (Wildman–Crippen LogP) is 5.56. The lowest BCUT2D eigenvalue weighted by Gasteiger charge is -2.26. The molecule has 1 aliphatic rings. The highest BCUT2D eigenvalue weighted by Gasteiger charge is 2.31. The molecule has 0 fully saturated rings. The van der Waals surface area contributed by atoms with Crippen LogP contribution >= 0.6 is 0 Å². The maximum absolute atomic E-state index is 14.3. The van der Waals surface area contributed by atoms with Crippen LogP contribution in [0.3, 0.4) is 0 Å². The second kappa shape index (κ2) is 11.6. The summed E-state index contributed by atoms with van der Waals surface area (Å²) in [4.78, 5) is 21.0. The van der Waals surface area contributed by atoms with E-state index < -0.39 is 25.1 Å². The van der Waals surface area contributed by atoms with Crippen molar-refractivity contribution in [1.29, 1.82) is 0 Å². The number of ether oxygens (including phenoxy) is 4. The molecule has 220 valence electrons. The summed E-state index contributed by atoms with van der Waals surface area (Å²) in [6, 6.07) is 13.8. The number of rotatable bonds is 7. The van der Waals surface area contributed by atoms with Crippen LogP contribution in [0.5, 0.6) is 17.6 Å². The van der Waals surface area contributed by atoms with Crippen molar-refractivity contribution < 1.29 is 32.5 Å². The standard InChI is InChI=1S/C30H32F2N4O5Si/c1-30(2,28(37)38-3)17-40-26-11-7-20(16-33-26)19-6-9-22-25(14-19)42(4,5)13-12-39-18-36-29(34-27(22)35-36)41-24-10-8-21(31)15-23(24)32/h6-11,14-16H,12-13,17-18H2,1-5H3. The van der Waals surface area contributed by atoms with Gasteiger partial charge in [0.15, 0.2) is 17.4 Å². The first kappa shape index (κ1) is 29.3. The topological polar surface area (TPSA) is 97.6 Å². The Hall–Kier alpha value is -4.16. The van der Waals surface area contributed by atoms with Gasteiger partial charge in [0.1, 0.15) is 19.2 Å². The van der Waals surface area contributed by atoms with Crippen LogP contribution in [0.25, 0.3) is 22.5 Å². The quantitative estimate of drug-likeness (QED) is 0.203. The molecule has 3 heterocycles. The molecule has 5 rings (SSSR count). The van der Waals surface area contributed by atoms with Crippen molar-refractivity contribution in [1.82, 2.24) is 19.7 Å². The van der Waals surface area contributed by atoms with E-state index >= 15 is 0 Å². The maximum Gasteiger partial charge on any atom is 0.323 e. The van der Waals surface area contributed by atoms with Crippen molar-refractivity contribution >= 4 is 19.2 Å². The summed E-state index contributed by atoms with van der Waals surface area (Å²) in [5, 5.41) is 5.74. The number of esters is 1. The number of hydrogen-bond acceptors (Lipinski definition) is 8. The summed E-state index contributed by atoms with van der Waals surface area (Å²) < 4.78 is 51.3. The van der Waals surface area contributed by atoms with E-state index in [-0.39, 0.29) is 31.1 Å². The van der Waals surface area contributed by atoms with E-state index in [2.05, 4.69) is 34.2 Å². The van der Waals surface area contributed by atoms with Gasteiger partial charge in [-0.1, -0.05) is 31.3 Å². The predicted molar refractivity (Wildman–Crippen MR) is 154 cm³/mol. The number of fused-ring (bicyclic) bond motifs is 4. The van der Waals surface area contributed by atoms with Gasteiger partial charge in [-0.3, -0.25) is 4.79 Å². The van der Waals surface area contributed by atoms with Crippen LogP contribution in [0.2, 0.25) is 19.1 Å². The van der Waals surface area contributed by atoms with Crippen LogP contribution < -0.4 is 14.7 Å². The molecule has 2 aromatic carbocycles. The number of carbonyl (C=O) groups is 1. The van der Waals surface area contributed by atoms with Gasteiger partial charge in [-0.25, -0.2) is 13.8 Å². The Labute approximate surface area is 243 Å². The van der Waals surface area contributed by atoms with E-state index in [0.717, 1.165) is 40.1 Å². The van der Waals surface area contributed by atoms with Crippen molar-refractivity contribution in [2.75, 3.05) is 20.3 Å². The molecule has 0 saturated carbocycles. The summed E-state index contributed by atoms with van der Waals surface area (Å²) in [6.07, 6.45) is 1.73. The van der Waals surface area contributed by atoms with Crippen molar-refractivity contribution in [3.8, 4) is 40.2 Å². The molecule has 1 aliphatic heterocycles. The van der Waals surface area contributed by atoms with Crippen LogP contribution in [0.1, 0.15) is 13.8 Å². The van der Waals surface area contributed by atoms with Crippen LogP contribution in [-0.4, -0.2) is 54.1 Å². The Morgan fingerprint density at radius 3 is 2.60 bits per heavy atom. The molecule has 0 unspecified atom stereocenters. The van der Waals surface area contributed by atoms with Gasteiger partial charge < -0.3 is 18.9 Å². The molecule has 0 atom stereocenters. The zero-order valence-electron chi connectivity index (χ0n) is 24.1. The Balaban J connectivity index is 1.45. The highest BCUT2D eigenvalue weighted by molar-refractivity contribution is 6.90. The van der Waals surface area contributed by atoms with Gasteiger partial charge in [0, 0.05) is 36.1 Å². The van der Waals surface area contributed by atoms with Crippen LogP contribution in [0, 0.1) is 17.0 Å². The number of halogens is 2. The lowest BCUT2D eigenvalue weighted by atomic mass is 9.95. The summed E-state index contributed by atoms with van der Waals surface area (Å²) in [5.74, 6) is -1.23. The fraction of sp³-hybridized carbons (Fsp3) is 0.333. The van der Waals surface area contributed by atoms with Gasteiger partial charge in [-0.2, -0.15) is 9.67 Å². The molecule has 0 spiro atoms. The zero-order chi connectivity index (χ0) is 30.1. The van der Waals surface area contributed by atoms with E-state index in [9.17, 15) is 13.6 Å². The third-order valence-corrected chi connectivity index (χ3v) is 10.5. The summed E-state index contributed by atoms with van der Waals surface area (Å²) in [7, 11) is -0.697. The van der Waals surface area contributed by atoms with Crippen molar-refractivity contribution in [3.05, 3.63) is 66.4 Å². The molecule has 9 nitrogen and oxygen atoms in total. The van der Waals surface area contributed by atoms with Crippen molar-refractivity contribution in [2.24, 2.45) is 5.41 Å². The summed E-state index contributed by atoms with van der Waals surface area (Å²) in [5.41, 5.74) is 1.91. The summed E-state index contributed by atoms with van der Waals surface area (Å²) >= 11 is 0. The van der Waals surface area contributed by atoms with E-state index in [0.29, 0.717) is 18.3 Å². The minimum absolute atomic E-state index is 0.0436. The number of methoxy groups -OCH3 is 1. The van der Waals surface area contributed by atoms with Crippen LogP contribution in [-0.2, 0) is 21.0 Å². The summed E-state index contributed by atoms with van der Waals surface area (Å²) in [6.45, 7) is 8.74. The monoisotopic (exact) mass is 594 g/mol. The fourth-order valence-electron chi connectivity index (χ4n) is 4.58. The molecule has 0 N–H and O–H groups in total. The number of pyridine rings is 1. The second-order valence-electron chi connectivity index (χ2n) is 11.4. The first-order valence-electron chi connectivity index (χ1n) is 13.4. The Kier molecular flexibility index (Phi) is 8.11. The lowest BCUT2D eigenvalue weighted by molar-refractivity contribution is -0.152. The molecule has 0 amide bonds. The Morgan fingerprint density at radius 1 is 1.10 bits per heavy atom. The minimum atomic E-state index is -2.05. The number of nitrogens with zero attached hydrogens (tertiary/aromatic N) is 4. The van der Waals surface area contributed by atoms with E-state index in [1.54, 1.807) is 26.1 Å². The molecule has 2 aromatic heterocycles. The zero-order valence-corrected chi connectivity index (χ0v) is 25.1. The largest absolute Gasteiger partial charge is 0.476 e. The number of carbonyl (C=O) groups excluding carboxylic acids is 1. The first-order valence-corrected chi connectivity index (χ1v) is 16.7. The maximum atomic E-state index is 14.3. The molecule has 0 saturated heterocycles. The smallest absolute Gasteiger partial charge is 0.323 e. The highest BCUT2D eigenvalue weighted by atomic mass is 28.3. The van der Waals surface area contributed by atoms with Gasteiger partial charge in [0.25, 0.3) is 0 Å². The second-order valence-corrected chi connectivity index (χ2v) is 16.2. The third-order valence-electron chi connectivity index (χ3n) is 7.20. The van der Waals surface area contributed by atoms with Crippen molar-refractivity contribution in [3.63, 3.8) is 0 Å². The SMILES string of the molecule is COC(=O)C(C)(C)COc1ccc(-c2ccc3c(c2)[Si](C)(C)CCOCn2nc-3nc2Oc2ccc(F)cc2F)cn1. The first-order chi connectivity index (χ1) is 20.0. The third kappa shape index (κ3) is 6.19. The Bertz CT molecular complexity index is 1610. The number of aromatic nitrogens is 4. The van der Waals surface area contributed by atoms with Gasteiger partial charge in [-0.05, 0) is 48.8 Å². The fourth-order valence-corrected chi connectivity index (χ4v) is 6.97. The van der Waals surface area contributed by atoms with Gasteiger partial charge in [0.2, 0.25) is 5.88 Å². The van der Waals surface area contributed by atoms with E-state index in [4.69, 9.17) is 18.9 Å². The van der Waals surface area contributed by atoms with E-state index in [1.165, 1.54) is 17.9 Å². The molecule has 2 bridgehead atoms. The molecule has 12 heteroatoms. The lowest BCUT2D eigenvalue weighted by Crippen LogP contribution is -2.43. The molecular formula is C30H32F2N4O5Si. The molecule has 4 aromatic rings. The number of benzene rings is 2. The average Bonchev–Trinajstić information content (AvgIpc) is 3.36. The number of hydrogen-bond donors (Lipinski definition) is 0. The molecule has 0 radical (unpaired) electrons. The van der Waals surface area contributed by atoms with E-state index in [1.807, 2.05) is 18.2 Å². The average molecular weight is 595 g/mol. The van der Waals surface area contributed by atoms with Crippen molar-refractivity contribution in [2.45, 2.75) is 39.7 Å². The van der Waals surface area contributed by atoms with Crippen LogP contribution in [0.4, 0.5) is 8.78 Å². The Morgan fingerprint density at radius 2 is 1.88 bits per heavy atom. The molecule has 42 heavy (non-hydrogen) atoms. The normalized spacial score (nSPS) is 14.5. The van der Waals surface area contributed by atoms with Gasteiger partial charge >= 0.3 is 12.0 Å². The highest BCUT2D eigenvalue weighted by Crippen LogP contribution is 2.30. The minimum Gasteiger partial charge on any atom is -0.476 e. The van der Waals surface area contributed by atoms with Gasteiger partial charge in [0.05, 0.1) is 20.6 Å².